The van der Waals surface area contributed by atoms with Crippen molar-refractivity contribution in [2.45, 2.75) is 51.3 Å². The maximum Gasteiger partial charge on any atom is 0.413 e. The summed E-state index contributed by atoms with van der Waals surface area (Å²) in [6.07, 6.45) is -2.44. The number of pyridine rings is 1. The number of anilines is 2. The van der Waals surface area contributed by atoms with E-state index in [0.29, 0.717) is 23.1 Å². The maximum absolute atomic E-state index is 13.8. The van der Waals surface area contributed by atoms with E-state index in [1.807, 2.05) is 20.8 Å². The molecule has 0 radical (unpaired) electrons. The number of benzene rings is 2. The van der Waals surface area contributed by atoms with Gasteiger partial charge in [0.1, 0.15) is 23.6 Å². The van der Waals surface area contributed by atoms with Crippen LogP contribution in [0.15, 0.2) is 48.8 Å². The highest BCUT2D eigenvalue weighted by molar-refractivity contribution is 5.99. The lowest BCUT2D eigenvalue weighted by molar-refractivity contribution is -0.182. The van der Waals surface area contributed by atoms with Gasteiger partial charge >= 0.3 is 6.18 Å². The number of rotatable bonds is 7. The van der Waals surface area contributed by atoms with Crippen LogP contribution in [0.25, 0.3) is 10.9 Å². The Morgan fingerprint density at radius 2 is 1.78 bits per heavy atom. The van der Waals surface area contributed by atoms with Gasteiger partial charge in [-0.05, 0) is 48.1 Å². The van der Waals surface area contributed by atoms with Gasteiger partial charge in [0, 0.05) is 23.8 Å². The number of alkyl halides is 3. The monoisotopic (exact) mass is 563 g/mol. The minimum Gasteiger partial charge on any atom is -0.383 e. The van der Waals surface area contributed by atoms with Crippen LogP contribution in [0.4, 0.5) is 28.9 Å². The van der Waals surface area contributed by atoms with Crippen LogP contribution in [0.1, 0.15) is 63.4 Å². The van der Waals surface area contributed by atoms with Gasteiger partial charge < -0.3 is 10.6 Å². The number of nitriles is 2. The predicted molar refractivity (Wildman–Crippen MR) is 144 cm³/mol. The molecule has 2 N–H and O–H groups in total. The summed E-state index contributed by atoms with van der Waals surface area (Å²) >= 11 is 0. The van der Waals surface area contributed by atoms with E-state index >= 15 is 0 Å². The molecule has 12 heteroatoms. The van der Waals surface area contributed by atoms with Gasteiger partial charge in [-0.1, -0.05) is 38.1 Å². The van der Waals surface area contributed by atoms with Gasteiger partial charge in [-0.25, -0.2) is 9.07 Å². The van der Waals surface area contributed by atoms with Gasteiger partial charge in [-0.3, -0.25) is 4.98 Å². The third-order valence-corrected chi connectivity index (χ3v) is 6.85. The lowest BCUT2D eigenvalue weighted by Crippen LogP contribution is -2.35. The van der Waals surface area contributed by atoms with Crippen molar-refractivity contribution in [3.8, 4) is 12.1 Å². The Morgan fingerprint density at radius 3 is 2.37 bits per heavy atom. The van der Waals surface area contributed by atoms with E-state index in [-0.39, 0.29) is 46.3 Å². The Bertz CT molecular complexity index is 1740. The van der Waals surface area contributed by atoms with Crippen LogP contribution in [0.3, 0.4) is 0 Å². The number of hydrogen-bond donors (Lipinski definition) is 2. The second kappa shape index (κ2) is 10.0. The number of aromatic nitrogens is 4. The molecule has 8 nitrogen and oxygen atoms in total. The van der Waals surface area contributed by atoms with E-state index in [1.54, 1.807) is 6.07 Å². The normalized spacial score (nSPS) is 16.3. The fourth-order valence-electron chi connectivity index (χ4n) is 4.48. The van der Waals surface area contributed by atoms with Crippen LogP contribution in [-0.2, 0) is 5.54 Å². The Labute approximate surface area is 235 Å². The van der Waals surface area contributed by atoms with Gasteiger partial charge in [0.15, 0.2) is 5.54 Å². The lowest BCUT2D eigenvalue weighted by Gasteiger charge is -2.22. The minimum atomic E-state index is -4.56. The first kappa shape index (κ1) is 26.5. The summed E-state index contributed by atoms with van der Waals surface area (Å²) in [5.74, 6) is -0.569. The molecule has 0 bridgehead atoms. The second-order valence-corrected chi connectivity index (χ2v) is 11.2. The molecule has 2 aromatic heterocycles. The van der Waals surface area contributed by atoms with E-state index in [0.717, 1.165) is 23.0 Å². The van der Waals surface area contributed by atoms with Crippen LogP contribution >= 0.6 is 0 Å². The van der Waals surface area contributed by atoms with Crippen LogP contribution in [0, 0.1) is 33.9 Å². The highest BCUT2D eigenvalue weighted by atomic mass is 19.4. The molecule has 0 aliphatic heterocycles. The van der Waals surface area contributed by atoms with E-state index in [2.05, 4.69) is 38.1 Å². The SMILES string of the molecule is [2H][C@@](Nc1cc(C#N)c2ncc(C#N)c(NCC(C)(C)C)c2c1)(c1ccc(F)cc1)c1cn(C2(C(F)(F)F)CC2)nn1. The van der Waals surface area contributed by atoms with Crippen molar-refractivity contribution in [3.63, 3.8) is 0 Å². The topological polar surface area (TPSA) is 115 Å². The Morgan fingerprint density at radius 1 is 1.10 bits per heavy atom. The first-order valence-electron chi connectivity index (χ1n) is 13.3. The zero-order valence-electron chi connectivity index (χ0n) is 23.4. The molecule has 210 valence electrons. The van der Waals surface area contributed by atoms with Crippen molar-refractivity contribution in [3.05, 3.63) is 77.0 Å². The predicted octanol–water partition coefficient (Wildman–Crippen LogP) is 6.42. The Hall–Kier alpha value is -4.71. The van der Waals surface area contributed by atoms with Crippen molar-refractivity contribution in [2.75, 3.05) is 17.2 Å². The molecule has 0 spiro atoms. The number of fused-ring (bicyclic) bond motifs is 1. The van der Waals surface area contributed by atoms with Crippen LogP contribution < -0.4 is 10.6 Å². The smallest absolute Gasteiger partial charge is 0.383 e. The molecule has 2 heterocycles. The summed E-state index contributed by atoms with van der Waals surface area (Å²) in [4.78, 5) is 4.32. The molecule has 1 saturated carbocycles. The summed E-state index contributed by atoms with van der Waals surface area (Å²) < 4.78 is 65.4. The van der Waals surface area contributed by atoms with Crippen molar-refractivity contribution < 1.29 is 18.9 Å². The third kappa shape index (κ3) is 5.38. The Kier molecular flexibility index (Phi) is 6.49. The molecule has 0 unspecified atom stereocenters. The second-order valence-electron chi connectivity index (χ2n) is 11.2. The zero-order chi connectivity index (χ0) is 30.5. The minimum absolute atomic E-state index is 0.136. The molecule has 41 heavy (non-hydrogen) atoms. The Balaban J connectivity index is 1.66. The third-order valence-electron chi connectivity index (χ3n) is 6.85. The van der Waals surface area contributed by atoms with Gasteiger partial charge in [-0.15, -0.1) is 5.10 Å². The summed E-state index contributed by atoms with van der Waals surface area (Å²) in [7, 11) is 0. The molecule has 1 aliphatic rings. The summed E-state index contributed by atoms with van der Waals surface area (Å²) in [6, 6.07) is 10.1. The first-order valence-corrected chi connectivity index (χ1v) is 12.8. The summed E-state index contributed by atoms with van der Waals surface area (Å²) in [5, 5.41) is 34.1. The van der Waals surface area contributed by atoms with E-state index in [1.165, 1.54) is 24.4 Å². The van der Waals surface area contributed by atoms with E-state index in [4.69, 9.17) is 0 Å². The molecule has 0 amide bonds. The van der Waals surface area contributed by atoms with Crippen molar-refractivity contribution in [1.29, 1.82) is 10.5 Å². The standard InChI is InChI=1S/C29H26F4N8/c1-27(2,3)16-37-25-19(13-35)14-36-24-18(12-34)10-21(11-22(24)25)38-26(17-4-6-20(30)7-5-17)23-15-41(40-39-23)28(8-9-28)29(31,32)33/h4-7,10-11,14-15,26,38H,8-9,16H2,1-3H3,(H,36,37)/t26-/m1/s1/i26D. The van der Waals surface area contributed by atoms with Crippen LogP contribution in [0.2, 0.25) is 0 Å². The summed E-state index contributed by atoms with van der Waals surface area (Å²) in [6.45, 7) is 6.52. The largest absolute Gasteiger partial charge is 0.413 e. The number of nitrogens with one attached hydrogen (secondary N) is 2. The fraction of sp³-hybridized carbons (Fsp3) is 0.345. The first-order chi connectivity index (χ1) is 19.7. The number of nitrogens with zero attached hydrogens (tertiary/aromatic N) is 6. The molecular weight excluding hydrogens is 536 g/mol. The van der Waals surface area contributed by atoms with Gasteiger partial charge in [0.2, 0.25) is 0 Å². The van der Waals surface area contributed by atoms with E-state index < -0.39 is 23.6 Å². The zero-order valence-corrected chi connectivity index (χ0v) is 22.4. The average molecular weight is 564 g/mol. The highest BCUT2D eigenvalue weighted by Gasteiger charge is 2.66. The highest BCUT2D eigenvalue weighted by Crippen LogP contribution is 2.55. The van der Waals surface area contributed by atoms with Crippen molar-refractivity contribution in [1.82, 2.24) is 20.0 Å². The van der Waals surface area contributed by atoms with E-state index in [9.17, 15) is 29.5 Å². The molecule has 1 fully saturated rings. The quantitative estimate of drug-likeness (QED) is 0.249. The summed E-state index contributed by atoms with van der Waals surface area (Å²) in [5.41, 5.74) is -0.974. The lowest BCUT2D eigenvalue weighted by atomic mass is 9.96. The average Bonchev–Trinajstić information content (AvgIpc) is 3.61. The van der Waals surface area contributed by atoms with Gasteiger partial charge in [0.25, 0.3) is 0 Å². The number of halogens is 4. The maximum atomic E-state index is 13.8. The molecule has 5 rings (SSSR count). The van der Waals surface area contributed by atoms with Crippen molar-refractivity contribution in [2.24, 2.45) is 5.41 Å². The fourth-order valence-corrected chi connectivity index (χ4v) is 4.48. The molecular formula is C29H26F4N8. The van der Waals surface area contributed by atoms with Gasteiger partial charge in [-0.2, -0.15) is 23.7 Å². The van der Waals surface area contributed by atoms with Crippen LogP contribution in [0.5, 0.6) is 0 Å². The molecule has 1 atom stereocenters. The molecule has 4 aromatic rings. The number of hydrogen-bond acceptors (Lipinski definition) is 7. The molecule has 2 aromatic carbocycles. The molecule has 1 aliphatic carbocycles. The van der Waals surface area contributed by atoms with Crippen molar-refractivity contribution >= 4 is 22.3 Å². The molecule has 0 saturated heterocycles. The van der Waals surface area contributed by atoms with Crippen LogP contribution in [-0.4, -0.2) is 32.7 Å². The van der Waals surface area contributed by atoms with Gasteiger partial charge in [0.05, 0.1) is 35.9 Å².